The first-order valence-corrected chi connectivity index (χ1v) is 10.8. The zero-order chi connectivity index (χ0) is 23.8. The summed E-state index contributed by atoms with van der Waals surface area (Å²) in [5, 5.41) is 30.3. The van der Waals surface area contributed by atoms with Crippen molar-refractivity contribution in [1.29, 1.82) is 0 Å². The summed E-state index contributed by atoms with van der Waals surface area (Å²) in [6.45, 7) is 1.87. The summed E-state index contributed by atoms with van der Waals surface area (Å²) < 4.78 is 20.7. The third-order valence-electron chi connectivity index (χ3n) is 4.26. The van der Waals surface area contributed by atoms with E-state index in [0.717, 1.165) is 24.9 Å². The molecule has 1 unspecified atom stereocenters. The van der Waals surface area contributed by atoms with Gasteiger partial charge in [-0.3, -0.25) is 23.5 Å². The molecule has 1 aliphatic heterocycles. The SMILES string of the molecule is CC(=O)c1c(/C=C/Br)c(=O)n(C(C)=O)c(=O)n1[C@@H]1O[C@H](C(O)OP(=O)(O)O)[C@@H](O)[C@@H]1O. The molecule has 5 N–H and O–H groups in total. The molecule has 0 amide bonds. The number of aliphatic hydroxyl groups excluding tert-OH is 3. The normalized spacial score (nSPS) is 25.2. The second kappa shape index (κ2) is 9.36. The van der Waals surface area contributed by atoms with Gasteiger partial charge in [0, 0.05) is 13.8 Å². The molecule has 0 spiro atoms. The molecule has 1 aromatic heterocycles. The largest absolute Gasteiger partial charge is 0.472 e. The van der Waals surface area contributed by atoms with Crippen LogP contribution in [0.4, 0.5) is 0 Å². The lowest BCUT2D eigenvalue weighted by molar-refractivity contribution is -0.162. The molecule has 0 aliphatic carbocycles. The fraction of sp³-hybridized carbons (Fsp3) is 0.467. The number of ketones is 1. The van der Waals surface area contributed by atoms with Crippen LogP contribution in [0.3, 0.4) is 0 Å². The molecule has 0 bridgehead atoms. The van der Waals surface area contributed by atoms with Crippen LogP contribution >= 0.6 is 23.8 Å². The van der Waals surface area contributed by atoms with Gasteiger partial charge in [-0.25, -0.2) is 9.36 Å². The van der Waals surface area contributed by atoms with Crippen molar-refractivity contribution in [3.63, 3.8) is 0 Å². The topological polar surface area (TPSA) is 215 Å². The standard InChI is InChI=1S/C15H18BrN2O12P/c1-5(19)8-7(3-4-16)12(23)17(6(2)20)15(25)18(8)13-10(22)9(21)11(29-13)14(24)30-31(26,27)28/h3-4,9-11,13-14,21-22,24H,1-2H3,(H2,26,27,28)/b4-3+/t9-,10-,11-,13+,14?/m0/s1. The van der Waals surface area contributed by atoms with Gasteiger partial charge in [0.25, 0.3) is 5.56 Å². The van der Waals surface area contributed by atoms with Gasteiger partial charge in [-0.05, 0) is 11.1 Å². The van der Waals surface area contributed by atoms with Gasteiger partial charge in [0.1, 0.15) is 24.0 Å². The molecule has 1 aliphatic rings. The zero-order valence-corrected chi connectivity index (χ0v) is 18.3. The summed E-state index contributed by atoms with van der Waals surface area (Å²) in [6, 6.07) is 0. The number of ether oxygens (including phenoxy) is 1. The summed E-state index contributed by atoms with van der Waals surface area (Å²) in [7, 11) is -5.24. The predicted octanol–water partition coefficient (Wildman–Crippen LogP) is -1.71. The van der Waals surface area contributed by atoms with Crippen molar-refractivity contribution < 1.29 is 48.5 Å². The quantitative estimate of drug-likeness (QED) is 0.158. The Balaban J connectivity index is 2.76. The minimum atomic E-state index is -5.24. The summed E-state index contributed by atoms with van der Waals surface area (Å²) in [6.07, 6.45) is -9.41. The van der Waals surface area contributed by atoms with Crippen LogP contribution in [0.5, 0.6) is 0 Å². The summed E-state index contributed by atoms with van der Waals surface area (Å²) in [5.74, 6) is -1.89. The Labute approximate surface area is 181 Å². The van der Waals surface area contributed by atoms with E-state index in [1.807, 2.05) is 0 Å². The van der Waals surface area contributed by atoms with Gasteiger partial charge in [0.15, 0.2) is 18.3 Å². The maximum atomic E-state index is 12.9. The highest BCUT2D eigenvalue weighted by Crippen LogP contribution is 2.41. The number of aliphatic hydroxyl groups is 3. The van der Waals surface area contributed by atoms with Gasteiger partial charge < -0.3 is 29.8 Å². The van der Waals surface area contributed by atoms with Gasteiger partial charge >= 0.3 is 13.5 Å². The number of hydrogen-bond acceptors (Lipinski definition) is 10. The van der Waals surface area contributed by atoms with Crippen LogP contribution in [-0.2, 0) is 13.8 Å². The Morgan fingerprint density at radius 2 is 1.81 bits per heavy atom. The Morgan fingerprint density at radius 3 is 2.26 bits per heavy atom. The Kier molecular flexibility index (Phi) is 7.68. The van der Waals surface area contributed by atoms with Crippen LogP contribution in [-0.4, -0.2) is 70.5 Å². The number of carbonyl (C=O) groups excluding carboxylic acids is 2. The lowest BCUT2D eigenvalue weighted by Crippen LogP contribution is -2.49. The Morgan fingerprint density at radius 1 is 1.23 bits per heavy atom. The first kappa shape index (κ1) is 25.5. The van der Waals surface area contributed by atoms with Gasteiger partial charge in [-0.2, -0.15) is 4.57 Å². The van der Waals surface area contributed by atoms with Gasteiger partial charge in [-0.1, -0.05) is 15.9 Å². The van der Waals surface area contributed by atoms with Crippen LogP contribution in [0.15, 0.2) is 14.6 Å². The lowest BCUT2D eigenvalue weighted by Gasteiger charge is -2.23. The van der Waals surface area contributed by atoms with Crippen LogP contribution in [0, 0.1) is 0 Å². The van der Waals surface area contributed by atoms with Gasteiger partial charge in [-0.15, -0.1) is 0 Å². The van der Waals surface area contributed by atoms with Crippen molar-refractivity contribution in [2.75, 3.05) is 0 Å². The number of Topliss-reactive ketones (excluding diaryl/α,β-unsaturated/α-hetero) is 1. The maximum absolute atomic E-state index is 12.9. The lowest BCUT2D eigenvalue weighted by atomic mass is 10.1. The van der Waals surface area contributed by atoms with Crippen molar-refractivity contribution in [3.05, 3.63) is 37.1 Å². The highest BCUT2D eigenvalue weighted by atomic mass is 79.9. The van der Waals surface area contributed by atoms with E-state index in [9.17, 15) is 39.1 Å². The summed E-state index contributed by atoms with van der Waals surface area (Å²) in [5.41, 5.74) is -3.55. The highest BCUT2D eigenvalue weighted by molar-refractivity contribution is 9.11. The molecule has 1 saturated heterocycles. The Bertz CT molecular complexity index is 1090. The number of hydrogen-bond donors (Lipinski definition) is 5. The molecule has 5 atom stereocenters. The van der Waals surface area contributed by atoms with Crippen molar-refractivity contribution in [2.24, 2.45) is 0 Å². The number of rotatable bonds is 6. The molecule has 16 heteroatoms. The molecule has 1 fully saturated rings. The maximum Gasteiger partial charge on any atom is 0.472 e. The van der Waals surface area contributed by atoms with Crippen molar-refractivity contribution in [2.45, 2.75) is 44.7 Å². The first-order valence-electron chi connectivity index (χ1n) is 8.36. The number of aromatic nitrogens is 2. The molecule has 0 saturated carbocycles. The van der Waals surface area contributed by atoms with Crippen LogP contribution in [0.25, 0.3) is 6.08 Å². The predicted molar refractivity (Wildman–Crippen MR) is 104 cm³/mol. The molecule has 31 heavy (non-hydrogen) atoms. The van der Waals surface area contributed by atoms with E-state index in [2.05, 4.69) is 20.5 Å². The molecule has 172 valence electrons. The van der Waals surface area contributed by atoms with Gasteiger partial charge in [0.05, 0.1) is 5.56 Å². The Hall–Kier alpha value is -1.81. The van der Waals surface area contributed by atoms with Crippen molar-refractivity contribution >= 4 is 41.5 Å². The number of carbonyl (C=O) groups is 2. The fourth-order valence-electron chi connectivity index (χ4n) is 3.06. The first-order chi connectivity index (χ1) is 14.2. The average Bonchev–Trinajstić information content (AvgIpc) is 2.90. The third-order valence-corrected chi connectivity index (χ3v) is 5.02. The van der Waals surface area contributed by atoms with E-state index in [4.69, 9.17) is 14.5 Å². The fourth-order valence-corrected chi connectivity index (χ4v) is 3.73. The second-order valence-corrected chi connectivity index (χ2v) is 8.10. The van der Waals surface area contributed by atoms with Crippen LogP contribution in [0.2, 0.25) is 0 Å². The zero-order valence-electron chi connectivity index (χ0n) is 15.9. The van der Waals surface area contributed by atoms with E-state index >= 15 is 0 Å². The number of nitrogens with zero attached hydrogens (tertiary/aromatic N) is 2. The van der Waals surface area contributed by atoms with E-state index in [1.54, 1.807) is 0 Å². The molecule has 0 aromatic carbocycles. The summed E-state index contributed by atoms with van der Waals surface area (Å²) in [4.78, 5) is 68.4. The smallest absolute Gasteiger partial charge is 0.387 e. The highest BCUT2D eigenvalue weighted by Gasteiger charge is 2.50. The average molecular weight is 529 g/mol. The van der Waals surface area contributed by atoms with E-state index in [-0.39, 0.29) is 4.57 Å². The van der Waals surface area contributed by atoms with Crippen LogP contribution in [0.1, 0.15) is 40.9 Å². The summed E-state index contributed by atoms with van der Waals surface area (Å²) >= 11 is 2.91. The molecular weight excluding hydrogens is 511 g/mol. The van der Waals surface area contributed by atoms with E-state index < -0.39 is 72.8 Å². The number of phosphoric acid groups is 1. The molecular formula is C15H18BrN2O12P. The van der Waals surface area contributed by atoms with E-state index in [1.165, 1.54) is 0 Å². The molecule has 0 radical (unpaired) electrons. The monoisotopic (exact) mass is 528 g/mol. The third kappa shape index (κ3) is 5.00. The molecule has 1 aromatic rings. The minimum Gasteiger partial charge on any atom is -0.387 e. The second-order valence-electron chi connectivity index (χ2n) is 6.38. The molecule has 2 heterocycles. The van der Waals surface area contributed by atoms with E-state index in [0.29, 0.717) is 4.57 Å². The molecule has 14 nitrogen and oxygen atoms in total. The minimum absolute atomic E-state index is 0.160. The van der Waals surface area contributed by atoms with Crippen LogP contribution < -0.4 is 11.2 Å². The van der Waals surface area contributed by atoms with Crippen molar-refractivity contribution in [3.8, 4) is 0 Å². The molecule has 2 rings (SSSR count). The number of phosphoric ester groups is 1. The van der Waals surface area contributed by atoms with Gasteiger partial charge in [0.2, 0.25) is 5.91 Å². The van der Waals surface area contributed by atoms with Crippen molar-refractivity contribution in [1.82, 2.24) is 9.13 Å². The number of halogens is 1.